The molecule has 0 spiro atoms. The highest BCUT2D eigenvalue weighted by atomic mass is 16.5. The number of ether oxygens (including phenoxy) is 2. The second kappa shape index (κ2) is 10.00. The summed E-state index contributed by atoms with van der Waals surface area (Å²) in [5, 5.41) is 4.55. The van der Waals surface area contributed by atoms with E-state index in [-0.39, 0.29) is 23.9 Å². The minimum Gasteiger partial charge on any atom is -0.490 e. The number of carbonyl (C=O) groups excluding carboxylic acids is 1. The first-order chi connectivity index (χ1) is 17.1. The second-order valence-corrected chi connectivity index (χ2v) is 9.76. The van der Waals surface area contributed by atoms with Crippen LogP contribution in [0.3, 0.4) is 0 Å². The maximum absolute atomic E-state index is 12.4. The van der Waals surface area contributed by atoms with Crippen molar-refractivity contribution in [3.63, 3.8) is 0 Å². The number of rotatable bonds is 7. The Bertz CT molecular complexity index is 1250. The number of aromatic nitrogens is 2. The van der Waals surface area contributed by atoms with Gasteiger partial charge >= 0.3 is 5.97 Å². The highest BCUT2D eigenvalue weighted by molar-refractivity contribution is 5.91. The van der Waals surface area contributed by atoms with Gasteiger partial charge in [-0.3, -0.25) is 0 Å². The van der Waals surface area contributed by atoms with Gasteiger partial charge in [-0.25, -0.2) is 9.48 Å². The molecule has 1 aromatic heterocycles. The van der Waals surface area contributed by atoms with Gasteiger partial charge in [0.2, 0.25) is 0 Å². The van der Waals surface area contributed by atoms with E-state index in [1.807, 2.05) is 28.9 Å². The normalized spacial score (nSPS) is 20.6. The Hall–Kier alpha value is -3.52. The highest BCUT2D eigenvalue weighted by Crippen LogP contribution is 2.48. The zero-order chi connectivity index (χ0) is 24.4. The van der Waals surface area contributed by atoms with Gasteiger partial charge in [0.25, 0.3) is 0 Å². The van der Waals surface area contributed by atoms with Crippen LogP contribution >= 0.6 is 0 Å². The smallest absolute Gasteiger partial charge is 0.341 e. The third-order valence-electron chi connectivity index (χ3n) is 7.46. The Morgan fingerprint density at radius 2 is 1.86 bits per heavy atom. The molecule has 1 heterocycles. The van der Waals surface area contributed by atoms with Crippen molar-refractivity contribution in [2.45, 2.75) is 57.5 Å². The first-order valence-corrected chi connectivity index (χ1v) is 12.6. The van der Waals surface area contributed by atoms with Gasteiger partial charge in [0.1, 0.15) is 11.3 Å². The molecule has 35 heavy (non-hydrogen) atoms. The number of hydrogen-bond donors (Lipinski definition) is 0. The van der Waals surface area contributed by atoms with Crippen molar-refractivity contribution in [1.82, 2.24) is 9.78 Å². The van der Waals surface area contributed by atoms with Crippen molar-refractivity contribution < 1.29 is 14.3 Å². The molecule has 2 aliphatic carbocycles. The van der Waals surface area contributed by atoms with Crippen LogP contribution in [0.1, 0.15) is 67.4 Å². The van der Waals surface area contributed by atoms with Crippen LogP contribution in [0.25, 0.3) is 16.8 Å². The van der Waals surface area contributed by atoms with E-state index >= 15 is 0 Å². The van der Waals surface area contributed by atoms with Crippen LogP contribution in [0, 0.1) is 24.2 Å². The van der Waals surface area contributed by atoms with E-state index in [9.17, 15) is 4.79 Å². The highest BCUT2D eigenvalue weighted by Gasteiger charge is 2.42. The molecule has 3 aromatic rings. The molecular formula is C30H32N2O3. The van der Waals surface area contributed by atoms with E-state index in [0.717, 1.165) is 34.7 Å². The van der Waals surface area contributed by atoms with Gasteiger partial charge in [0.15, 0.2) is 0 Å². The SMILES string of the molecule is C#C[C@H]1C[C@@H]1c1c(C(=O)OC)cnn1-c1cccc(-c2cccc(O[C@@H](C)C3CCCCC3)c2)c1. The molecule has 2 saturated carbocycles. The van der Waals surface area contributed by atoms with Gasteiger partial charge in [-0.05, 0) is 67.5 Å². The number of methoxy groups -OCH3 is 1. The maximum atomic E-state index is 12.4. The lowest BCUT2D eigenvalue weighted by Gasteiger charge is -2.28. The summed E-state index contributed by atoms with van der Waals surface area (Å²) in [4.78, 5) is 12.4. The predicted molar refractivity (Wildman–Crippen MR) is 137 cm³/mol. The fourth-order valence-corrected chi connectivity index (χ4v) is 5.35. The first kappa shape index (κ1) is 23.2. The minimum absolute atomic E-state index is 0.109. The van der Waals surface area contributed by atoms with Crippen LogP contribution in [0.4, 0.5) is 0 Å². The first-order valence-electron chi connectivity index (χ1n) is 12.6. The molecule has 2 aliphatic rings. The lowest BCUT2D eigenvalue weighted by molar-refractivity contribution is 0.0599. The summed E-state index contributed by atoms with van der Waals surface area (Å²) in [5.41, 5.74) is 4.33. The van der Waals surface area contributed by atoms with E-state index in [0.29, 0.717) is 11.5 Å². The third kappa shape index (κ3) is 4.84. The van der Waals surface area contributed by atoms with Crippen molar-refractivity contribution >= 4 is 5.97 Å². The average Bonchev–Trinajstić information content (AvgIpc) is 3.56. The molecule has 0 saturated heterocycles. The average molecular weight is 469 g/mol. The third-order valence-corrected chi connectivity index (χ3v) is 7.46. The van der Waals surface area contributed by atoms with Crippen LogP contribution in [0.2, 0.25) is 0 Å². The number of carbonyl (C=O) groups is 1. The molecule has 0 N–H and O–H groups in total. The van der Waals surface area contributed by atoms with Gasteiger partial charge in [0.05, 0.1) is 30.8 Å². The van der Waals surface area contributed by atoms with E-state index < -0.39 is 0 Å². The molecule has 0 bridgehead atoms. The zero-order valence-corrected chi connectivity index (χ0v) is 20.4. The van der Waals surface area contributed by atoms with E-state index in [1.54, 1.807) is 6.20 Å². The molecule has 180 valence electrons. The zero-order valence-electron chi connectivity index (χ0n) is 20.4. The van der Waals surface area contributed by atoms with Crippen molar-refractivity contribution in [2.24, 2.45) is 11.8 Å². The van der Waals surface area contributed by atoms with Crippen molar-refractivity contribution in [1.29, 1.82) is 0 Å². The minimum atomic E-state index is -0.387. The Labute approximate surface area is 207 Å². The number of nitrogens with zero attached hydrogens (tertiary/aromatic N) is 2. The molecule has 2 aromatic carbocycles. The monoisotopic (exact) mass is 468 g/mol. The molecule has 0 amide bonds. The lowest BCUT2D eigenvalue weighted by atomic mass is 9.86. The van der Waals surface area contributed by atoms with Gasteiger partial charge < -0.3 is 9.47 Å². The summed E-state index contributed by atoms with van der Waals surface area (Å²) < 4.78 is 13.2. The Kier molecular flexibility index (Phi) is 6.63. The molecule has 0 radical (unpaired) electrons. The summed E-state index contributed by atoms with van der Waals surface area (Å²) in [6, 6.07) is 16.5. The Morgan fingerprint density at radius 1 is 1.11 bits per heavy atom. The van der Waals surface area contributed by atoms with Crippen LogP contribution < -0.4 is 4.74 Å². The van der Waals surface area contributed by atoms with E-state index in [1.165, 1.54) is 39.2 Å². The van der Waals surface area contributed by atoms with Crippen LogP contribution in [0.15, 0.2) is 54.7 Å². The Morgan fingerprint density at radius 3 is 2.57 bits per heavy atom. The van der Waals surface area contributed by atoms with Crippen molar-refractivity contribution in [2.75, 3.05) is 7.11 Å². The maximum Gasteiger partial charge on any atom is 0.341 e. The summed E-state index contributed by atoms with van der Waals surface area (Å²) >= 11 is 0. The van der Waals surface area contributed by atoms with Crippen LogP contribution in [-0.2, 0) is 4.74 Å². The molecule has 5 heteroatoms. The Balaban J connectivity index is 1.42. The largest absolute Gasteiger partial charge is 0.490 e. The molecular weight excluding hydrogens is 436 g/mol. The fourth-order valence-electron chi connectivity index (χ4n) is 5.35. The summed E-state index contributed by atoms with van der Waals surface area (Å²) in [6.07, 6.45) is 14.8. The summed E-state index contributed by atoms with van der Waals surface area (Å²) in [7, 11) is 1.39. The van der Waals surface area contributed by atoms with Crippen LogP contribution in [0.5, 0.6) is 5.75 Å². The number of esters is 1. The molecule has 2 fully saturated rings. The fraction of sp³-hybridized carbons (Fsp3) is 0.400. The van der Waals surface area contributed by atoms with Gasteiger partial charge in [-0.1, -0.05) is 43.5 Å². The van der Waals surface area contributed by atoms with Crippen LogP contribution in [-0.4, -0.2) is 29.0 Å². The van der Waals surface area contributed by atoms with Crippen molar-refractivity contribution in [3.8, 4) is 34.9 Å². The number of benzene rings is 2. The molecule has 5 rings (SSSR count). The molecule has 5 nitrogen and oxygen atoms in total. The number of hydrogen-bond acceptors (Lipinski definition) is 4. The molecule has 0 unspecified atom stereocenters. The summed E-state index contributed by atoms with van der Waals surface area (Å²) in [6.45, 7) is 2.20. The van der Waals surface area contributed by atoms with E-state index in [2.05, 4.69) is 42.2 Å². The van der Waals surface area contributed by atoms with Crippen molar-refractivity contribution in [3.05, 3.63) is 66.0 Å². The lowest BCUT2D eigenvalue weighted by Crippen LogP contribution is -2.25. The van der Waals surface area contributed by atoms with E-state index in [4.69, 9.17) is 15.9 Å². The standard InChI is InChI=1S/C30H32N2O3/c1-4-21-18-27(21)29-28(30(33)34-3)19-31-32(29)25-14-8-12-23(16-25)24-13-9-15-26(17-24)35-20(2)22-10-6-5-7-11-22/h1,8-9,12-17,19-22,27H,5-7,10-11,18H2,2-3H3/t20-,21-,27-/m0/s1. The topological polar surface area (TPSA) is 53.3 Å². The predicted octanol–water partition coefficient (Wildman–Crippen LogP) is 6.41. The quantitative estimate of drug-likeness (QED) is 0.297. The van der Waals surface area contributed by atoms with Gasteiger partial charge in [-0.15, -0.1) is 12.3 Å². The van der Waals surface area contributed by atoms with Gasteiger partial charge in [0, 0.05) is 11.8 Å². The second-order valence-electron chi connectivity index (χ2n) is 9.76. The molecule has 3 atom stereocenters. The number of terminal acetylenes is 1. The molecule has 0 aliphatic heterocycles. The van der Waals surface area contributed by atoms with Gasteiger partial charge in [-0.2, -0.15) is 5.10 Å². The summed E-state index contributed by atoms with van der Waals surface area (Å²) in [5.74, 6) is 4.19.